The highest BCUT2D eigenvalue weighted by atomic mass is 14.3. The summed E-state index contributed by atoms with van der Waals surface area (Å²) >= 11 is 0. The van der Waals surface area contributed by atoms with E-state index in [1.54, 1.807) is 0 Å². The molecule has 2 saturated carbocycles. The van der Waals surface area contributed by atoms with E-state index in [1.165, 1.54) is 63.0 Å². The second-order valence-electron chi connectivity index (χ2n) is 8.28. The molecule has 1 aromatic carbocycles. The summed E-state index contributed by atoms with van der Waals surface area (Å²) in [6, 6.07) is 12.4. The first-order valence-corrected chi connectivity index (χ1v) is 10.7. The molecule has 3 rings (SSSR count). The van der Waals surface area contributed by atoms with Gasteiger partial charge in [0, 0.05) is 6.08 Å². The van der Waals surface area contributed by atoms with E-state index in [0.717, 1.165) is 17.4 Å². The summed E-state index contributed by atoms with van der Waals surface area (Å²) in [5.41, 5.74) is 2.15. The van der Waals surface area contributed by atoms with Crippen molar-refractivity contribution in [3.8, 4) is 12.1 Å². The van der Waals surface area contributed by atoms with E-state index < -0.39 is 0 Å². The highest BCUT2D eigenvalue weighted by Crippen LogP contribution is 2.37. The zero-order valence-corrected chi connectivity index (χ0v) is 16.6. The Hall–Kier alpha value is -2.58. The van der Waals surface area contributed by atoms with Crippen LogP contribution < -0.4 is 0 Å². The molecule has 2 fully saturated rings. The number of rotatable bonds is 5. The molecule has 28 heavy (non-hydrogen) atoms. The van der Waals surface area contributed by atoms with Gasteiger partial charge in [0.05, 0.1) is 17.7 Å². The maximum absolute atomic E-state index is 8.94. The highest BCUT2D eigenvalue weighted by Gasteiger charge is 2.22. The first-order valence-electron chi connectivity index (χ1n) is 10.7. The van der Waals surface area contributed by atoms with Crippen LogP contribution in [0, 0.1) is 40.4 Å². The summed E-state index contributed by atoms with van der Waals surface area (Å²) in [6.45, 7) is 0. The van der Waals surface area contributed by atoms with Crippen molar-refractivity contribution in [2.75, 3.05) is 0 Å². The lowest BCUT2D eigenvalue weighted by Crippen LogP contribution is -2.14. The summed E-state index contributed by atoms with van der Waals surface area (Å²) < 4.78 is 0. The molecule has 0 aromatic heterocycles. The second kappa shape index (κ2) is 10.7. The van der Waals surface area contributed by atoms with Crippen molar-refractivity contribution in [1.82, 2.24) is 0 Å². The molecule has 2 aliphatic carbocycles. The predicted octanol–water partition coefficient (Wildman–Crippen LogP) is 6.83. The van der Waals surface area contributed by atoms with Gasteiger partial charge in [-0.3, -0.25) is 0 Å². The molecule has 1 aromatic rings. The summed E-state index contributed by atoms with van der Waals surface area (Å²) in [5.74, 6) is 2.82. The lowest BCUT2D eigenvalue weighted by molar-refractivity contribution is 0.348. The molecule has 0 amide bonds. The van der Waals surface area contributed by atoms with Crippen LogP contribution in [0.15, 0.2) is 60.7 Å². The van der Waals surface area contributed by atoms with Crippen molar-refractivity contribution in [2.24, 2.45) is 17.8 Å². The van der Waals surface area contributed by atoms with Gasteiger partial charge >= 0.3 is 0 Å². The van der Waals surface area contributed by atoms with E-state index in [1.807, 2.05) is 30.4 Å². The first-order chi connectivity index (χ1) is 13.8. The van der Waals surface area contributed by atoms with Crippen molar-refractivity contribution in [3.63, 3.8) is 0 Å². The van der Waals surface area contributed by atoms with Gasteiger partial charge in [0.1, 0.15) is 0 Å². The number of allylic oxidation sites excluding steroid dienone is 6. The molecular weight excluding hydrogens is 340 g/mol. The third-order valence-corrected chi connectivity index (χ3v) is 6.42. The smallest absolute Gasteiger partial charge is 0.0991 e. The van der Waals surface area contributed by atoms with Crippen LogP contribution in [-0.2, 0) is 0 Å². The SMILES string of the molecule is N#CC=CC=C[C@H]1CC[C@H](/C=C/[C@H]2CC[C@H](c3ccc(C#N)cc3)CC2)CC1. The van der Waals surface area contributed by atoms with Gasteiger partial charge in [-0.1, -0.05) is 42.5 Å². The van der Waals surface area contributed by atoms with Crippen molar-refractivity contribution < 1.29 is 0 Å². The molecule has 0 heterocycles. The minimum Gasteiger partial charge on any atom is -0.193 e. The van der Waals surface area contributed by atoms with Gasteiger partial charge in [0.2, 0.25) is 0 Å². The molecule has 0 atom stereocenters. The Balaban J connectivity index is 1.39. The van der Waals surface area contributed by atoms with Crippen LogP contribution in [0.2, 0.25) is 0 Å². The molecule has 0 saturated heterocycles. The minimum atomic E-state index is 0.662. The Labute approximate surface area is 169 Å². The quantitative estimate of drug-likeness (QED) is 0.324. The first kappa shape index (κ1) is 20.2. The molecule has 2 nitrogen and oxygen atoms in total. The topological polar surface area (TPSA) is 47.6 Å². The van der Waals surface area contributed by atoms with E-state index in [-0.39, 0.29) is 0 Å². The largest absolute Gasteiger partial charge is 0.193 e. The minimum absolute atomic E-state index is 0.662. The van der Waals surface area contributed by atoms with Crippen molar-refractivity contribution >= 4 is 0 Å². The van der Waals surface area contributed by atoms with Crippen LogP contribution in [0.4, 0.5) is 0 Å². The van der Waals surface area contributed by atoms with Gasteiger partial charge in [-0.2, -0.15) is 10.5 Å². The number of nitriles is 2. The van der Waals surface area contributed by atoms with Gasteiger partial charge in [-0.15, -0.1) is 0 Å². The normalized spacial score (nSPS) is 28.5. The number of benzene rings is 1. The maximum atomic E-state index is 8.94. The maximum Gasteiger partial charge on any atom is 0.0991 e. The summed E-state index contributed by atoms with van der Waals surface area (Å²) in [4.78, 5) is 0. The molecule has 2 aliphatic rings. The fourth-order valence-corrected chi connectivity index (χ4v) is 4.64. The van der Waals surface area contributed by atoms with Crippen LogP contribution in [0.3, 0.4) is 0 Å². The average Bonchev–Trinajstić information content (AvgIpc) is 2.76. The zero-order valence-electron chi connectivity index (χ0n) is 16.6. The average molecular weight is 371 g/mol. The third kappa shape index (κ3) is 5.97. The summed E-state index contributed by atoms with van der Waals surface area (Å²) in [7, 11) is 0. The van der Waals surface area contributed by atoms with Crippen LogP contribution in [0.25, 0.3) is 0 Å². The number of hydrogen-bond acceptors (Lipinski definition) is 2. The van der Waals surface area contributed by atoms with E-state index in [4.69, 9.17) is 10.5 Å². The molecule has 2 heteroatoms. The van der Waals surface area contributed by atoms with Crippen molar-refractivity contribution in [3.05, 3.63) is 71.8 Å². The fraction of sp³-hybridized carbons (Fsp3) is 0.462. The molecule has 0 radical (unpaired) electrons. The Morgan fingerprint density at radius 2 is 1.21 bits per heavy atom. The van der Waals surface area contributed by atoms with E-state index in [9.17, 15) is 0 Å². The molecular formula is C26H30N2. The molecule has 144 valence electrons. The van der Waals surface area contributed by atoms with Crippen LogP contribution in [-0.4, -0.2) is 0 Å². The fourth-order valence-electron chi connectivity index (χ4n) is 4.64. The predicted molar refractivity (Wildman–Crippen MR) is 114 cm³/mol. The Morgan fingerprint density at radius 3 is 1.75 bits per heavy atom. The van der Waals surface area contributed by atoms with Crippen molar-refractivity contribution in [1.29, 1.82) is 10.5 Å². The molecule has 0 unspecified atom stereocenters. The van der Waals surface area contributed by atoms with E-state index in [2.05, 4.69) is 36.4 Å². The van der Waals surface area contributed by atoms with E-state index >= 15 is 0 Å². The Morgan fingerprint density at radius 1 is 0.679 bits per heavy atom. The molecule has 0 aliphatic heterocycles. The van der Waals surface area contributed by atoms with Gasteiger partial charge in [0.15, 0.2) is 0 Å². The highest BCUT2D eigenvalue weighted by molar-refractivity contribution is 5.33. The summed E-state index contributed by atoms with van der Waals surface area (Å²) in [5, 5.41) is 17.4. The van der Waals surface area contributed by atoms with Crippen LogP contribution >= 0.6 is 0 Å². The third-order valence-electron chi connectivity index (χ3n) is 6.42. The standard InChI is InChI=1S/C26H30N2/c27-19-3-1-2-4-21-5-7-22(8-6-21)9-10-23-11-15-25(16-12-23)26-17-13-24(20-28)14-18-26/h1-4,9-10,13-14,17-18,21-23,25H,5-8,11-12,15-16H2/b3-1?,4-2?,10-9+/t21-,22-,23-,25-. The summed E-state index contributed by atoms with van der Waals surface area (Å²) in [6.07, 6.45) is 22.8. The zero-order chi connectivity index (χ0) is 19.6. The Bertz CT molecular complexity index is 769. The number of hydrogen-bond donors (Lipinski definition) is 0. The van der Waals surface area contributed by atoms with E-state index in [0.29, 0.717) is 11.8 Å². The molecule has 0 N–H and O–H groups in total. The van der Waals surface area contributed by atoms with Crippen LogP contribution in [0.1, 0.15) is 68.4 Å². The van der Waals surface area contributed by atoms with Gasteiger partial charge in [-0.25, -0.2) is 0 Å². The monoisotopic (exact) mass is 370 g/mol. The lowest BCUT2D eigenvalue weighted by atomic mass is 9.77. The lowest BCUT2D eigenvalue weighted by Gasteiger charge is -2.28. The van der Waals surface area contributed by atoms with Gasteiger partial charge < -0.3 is 0 Å². The molecule has 0 spiro atoms. The molecule has 0 bridgehead atoms. The van der Waals surface area contributed by atoms with Gasteiger partial charge in [-0.05, 0) is 92.7 Å². The Kier molecular flexibility index (Phi) is 7.69. The van der Waals surface area contributed by atoms with Gasteiger partial charge in [0.25, 0.3) is 0 Å². The second-order valence-corrected chi connectivity index (χ2v) is 8.28. The number of nitrogens with zero attached hydrogens (tertiary/aromatic N) is 2. The van der Waals surface area contributed by atoms with Crippen LogP contribution in [0.5, 0.6) is 0 Å². The van der Waals surface area contributed by atoms with Crippen molar-refractivity contribution in [2.45, 2.75) is 57.3 Å².